The zero-order chi connectivity index (χ0) is 9.14. The predicted molar refractivity (Wildman–Crippen MR) is 41.5 cm³/mol. The Labute approximate surface area is 68.4 Å². The Balaban J connectivity index is 3.20. The van der Waals surface area contributed by atoms with Gasteiger partial charge in [-0.1, -0.05) is 0 Å². The lowest BCUT2D eigenvalue weighted by molar-refractivity contribution is 0.151. The van der Waals surface area contributed by atoms with Gasteiger partial charge < -0.3 is 11.5 Å². The Morgan fingerprint density at radius 1 is 1.50 bits per heavy atom. The van der Waals surface area contributed by atoms with Crippen molar-refractivity contribution in [1.82, 2.24) is 4.98 Å². The van der Waals surface area contributed by atoms with Crippen LogP contribution < -0.4 is 11.5 Å². The third-order valence-electron chi connectivity index (χ3n) is 1.55. The maximum atomic E-state index is 12.3. The van der Waals surface area contributed by atoms with E-state index in [-0.39, 0.29) is 17.9 Å². The van der Waals surface area contributed by atoms with Crippen molar-refractivity contribution < 1.29 is 8.78 Å². The topological polar surface area (TPSA) is 64.9 Å². The molecule has 0 aliphatic heterocycles. The van der Waals surface area contributed by atoms with Crippen molar-refractivity contribution in [3.63, 3.8) is 0 Å². The Hall–Kier alpha value is -1.23. The van der Waals surface area contributed by atoms with E-state index in [0.717, 1.165) is 0 Å². The van der Waals surface area contributed by atoms with E-state index in [2.05, 4.69) is 4.98 Å². The largest absolute Gasteiger partial charge is 0.383 e. The number of rotatable bonds is 2. The Morgan fingerprint density at radius 3 is 2.58 bits per heavy atom. The van der Waals surface area contributed by atoms with E-state index in [1.54, 1.807) is 0 Å². The highest BCUT2D eigenvalue weighted by Gasteiger charge is 2.15. The number of anilines is 1. The summed E-state index contributed by atoms with van der Waals surface area (Å²) in [6, 6.07) is 1.44. The highest BCUT2D eigenvalue weighted by Crippen LogP contribution is 2.26. The first-order valence-corrected chi connectivity index (χ1v) is 3.38. The van der Waals surface area contributed by atoms with Crippen LogP contribution >= 0.6 is 0 Å². The van der Waals surface area contributed by atoms with Crippen LogP contribution in [0.5, 0.6) is 0 Å². The van der Waals surface area contributed by atoms with Crippen molar-refractivity contribution in [2.75, 3.05) is 5.73 Å². The van der Waals surface area contributed by atoms with Gasteiger partial charge in [0.15, 0.2) is 0 Å². The average Bonchev–Trinajstić information content (AvgIpc) is 2.03. The molecule has 0 amide bonds. The van der Waals surface area contributed by atoms with Crippen LogP contribution in [-0.4, -0.2) is 4.98 Å². The minimum Gasteiger partial charge on any atom is -0.383 e. The molecule has 4 N–H and O–H groups in total. The predicted octanol–water partition coefficient (Wildman–Crippen LogP) is 1.06. The maximum Gasteiger partial charge on any atom is 0.267 e. The Bertz CT molecular complexity index is 275. The van der Waals surface area contributed by atoms with Crippen LogP contribution in [0.1, 0.15) is 17.6 Å². The van der Waals surface area contributed by atoms with Crippen molar-refractivity contribution in [3.05, 3.63) is 23.4 Å². The molecule has 0 saturated carbocycles. The summed E-state index contributed by atoms with van der Waals surface area (Å²) in [6.45, 7) is 0.0480. The van der Waals surface area contributed by atoms with Gasteiger partial charge in [-0.15, -0.1) is 0 Å². The third-order valence-corrected chi connectivity index (χ3v) is 1.55. The van der Waals surface area contributed by atoms with E-state index in [4.69, 9.17) is 11.5 Å². The molecule has 0 atom stereocenters. The van der Waals surface area contributed by atoms with Crippen LogP contribution in [0.25, 0.3) is 0 Å². The fourth-order valence-electron chi connectivity index (χ4n) is 0.961. The molecule has 0 unspecified atom stereocenters. The fourth-order valence-corrected chi connectivity index (χ4v) is 0.961. The molecule has 0 aliphatic rings. The van der Waals surface area contributed by atoms with E-state index < -0.39 is 6.43 Å². The highest BCUT2D eigenvalue weighted by molar-refractivity contribution is 5.45. The van der Waals surface area contributed by atoms with Gasteiger partial charge in [-0.3, -0.25) is 0 Å². The van der Waals surface area contributed by atoms with E-state index in [1.807, 2.05) is 0 Å². The summed E-state index contributed by atoms with van der Waals surface area (Å²) in [7, 11) is 0. The van der Waals surface area contributed by atoms with Gasteiger partial charge in [0.2, 0.25) is 0 Å². The van der Waals surface area contributed by atoms with Gasteiger partial charge in [0.05, 0.1) is 5.56 Å². The minimum atomic E-state index is -2.61. The smallest absolute Gasteiger partial charge is 0.267 e. The molecule has 1 rings (SSSR count). The molecule has 3 nitrogen and oxygen atoms in total. The molecule has 0 aliphatic carbocycles. The first kappa shape index (κ1) is 8.86. The second-order valence-electron chi connectivity index (χ2n) is 2.27. The summed E-state index contributed by atoms with van der Waals surface area (Å²) in [6.07, 6.45) is -1.25. The molecule has 1 aromatic heterocycles. The SMILES string of the molecule is NCc1ccnc(N)c1C(F)F. The summed E-state index contributed by atoms with van der Waals surface area (Å²) in [5.41, 5.74) is 10.6. The first-order chi connectivity index (χ1) is 5.66. The molecule has 1 heterocycles. The summed E-state index contributed by atoms with van der Waals surface area (Å²) in [5.74, 6) is -0.145. The maximum absolute atomic E-state index is 12.3. The normalized spacial score (nSPS) is 10.7. The summed E-state index contributed by atoms with van der Waals surface area (Å²) in [4.78, 5) is 3.55. The third kappa shape index (κ3) is 1.50. The van der Waals surface area contributed by atoms with E-state index in [9.17, 15) is 8.78 Å². The standard InChI is InChI=1S/C7H9F2N3/c8-6(9)5-4(3-10)1-2-12-7(5)11/h1-2,6H,3,10H2,(H2,11,12). The summed E-state index contributed by atoms with van der Waals surface area (Å²) >= 11 is 0. The lowest BCUT2D eigenvalue weighted by atomic mass is 10.1. The lowest BCUT2D eigenvalue weighted by Gasteiger charge is -2.07. The van der Waals surface area contributed by atoms with Crippen molar-refractivity contribution in [2.24, 2.45) is 5.73 Å². The van der Waals surface area contributed by atoms with Crippen LogP contribution in [-0.2, 0) is 6.54 Å². The number of hydrogen-bond acceptors (Lipinski definition) is 3. The number of hydrogen-bond donors (Lipinski definition) is 2. The van der Waals surface area contributed by atoms with Crippen LogP contribution in [0.3, 0.4) is 0 Å². The number of aromatic nitrogens is 1. The van der Waals surface area contributed by atoms with Gasteiger partial charge in [0.25, 0.3) is 6.43 Å². The van der Waals surface area contributed by atoms with Gasteiger partial charge >= 0.3 is 0 Å². The minimum absolute atomic E-state index is 0.0480. The van der Waals surface area contributed by atoms with Gasteiger partial charge in [0, 0.05) is 12.7 Å². The summed E-state index contributed by atoms with van der Waals surface area (Å²) < 4.78 is 24.6. The molecule has 0 spiro atoms. The molecule has 5 heteroatoms. The summed E-state index contributed by atoms with van der Waals surface area (Å²) in [5, 5.41) is 0. The molecule has 1 aromatic rings. The molecule has 0 bridgehead atoms. The number of nitrogens with zero attached hydrogens (tertiary/aromatic N) is 1. The van der Waals surface area contributed by atoms with E-state index in [0.29, 0.717) is 5.56 Å². The Kier molecular flexibility index (Phi) is 2.54. The highest BCUT2D eigenvalue weighted by atomic mass is 19.3. The lowest BCUT2D eigenvalue weighted by Crippen LogP contribution is -2.06. The number of halogens is 2. The molecule has 12 heavy (non-hydrogen) atoms. The Morgan fingerprint density at radius 2 is 2.17 bits per heavy atom. The van der Waals surface area contributed by atoms with Gasteiger partial charge in [-0.2, -0.15) is 0 Å². The molecule has 66 valence electrons. The first-order valence-electron chi connectivity index (χ1n) is 3.38. The second-order valence-corrected chi connectivity index (χ2v) is 2.27. The van der Waals surface area contributed by atoms with Crippen LogP contribution in [0.2, 0.25) is 0 Å². The number of nitrogens with two attached hydrogens (primary N) is 2. The average molecular weight is 173 g/mol. The van der Waals surface area contributed by atoms with Crippen molar-refractivity contribution in [1.29, 1.82) is 0 Å². The molecular formula is C7H9F2N3. The van der Waals surface area contributed by atoms with Crippen LogP contribution in [0.4, 0.5) is 14.6 Å². The molecule has 0 aromatic carbocycles. The van der Waals surface area contributed by atoms with Gasteiger partial charge in [0.1, 0.15) is 5.82 Å². The monoisotopic (exact) mass is 173 g/mol. The van der Waals surface area contributed by atoms with Crippen molar-refractivity contribution in [3.8, 4) is 0 Å². The number of pyridine rings is 1. The van der Waals surface area contributed by atoms with Gasteiger partial charge in [-0.25, -0.2) is 13.8 Å². The quantitative estimate of drug-likeness (QED) is 0.702. The van der Waals surface area contributed by atoms with Crippen LogP contribution in [0, 0.1) is 0 Å². The van der Waals surface area contributed by atoms with Crippen molar-refractivity contribution >= 4 is 5.82 Å². The molecular weight excluding hydrogens is 164 g/mol. The zero-order valence-electron chi connectivity index (χ0n) is 6.30. The van der Waals surface area contributed by atoms with Gasteiger partial charge in [-0.05, 0) is 11.6 Å². The number of nitrogen functional groups attached to an aromatic ring is 1. The fraction of sp³-hybridized carbons (Fsp3) is 0.286. The zero-order valence-corrected chi connectivity index (χ0v) is 6.30. The van der Waals surface area contributed by atoms with Crippen molar-refractivity contribution in [2.45, 2.75) is 13.0 Å². The molecule has 0 radical (unpaired) electrons. The van der Waals surface area contributed by atoms with E-state index >= 15 is 0 Å². The second kappa shape index (κ2) is 3.44. The number of alkyl halides is 2. The molecule has 0 saturated heterocycles. The van der Waals surface area contributed by atoms with Crippen LogP contribution in [0.15, 0.2) is 12.3 Å². The van der Waals surface area contributed by atoms with E-state index in [1.165, 1.54) is 12.3 Å². The molecule has 0 fully saturated rings.